The molecule has 1 aliphatic heterocycles. The van der Waals surface area contributed by atoms with E-state index in [1.165, 1.54) is 13.8 Å². The van der Waals surface area contributed by atoms with Crippen molar-refractivity contribution in [3.05, 3.63) is 23.2 Å². The van der Waals surface area contributed by atoms with Gasteiger partial charge in [-0.2, -0.15) is 5.26 Å². The summed E-state index contributed by atoms with van der Waals surface area (Å²) < 4.78 is 0. The summed E-state index contributed by atoms with van der Waals surface area (Å²) in [4.78, 5) is 25.5. The number of amides is 2. The number of nitrogens with zero attached hydrogens (tertiary/aromatic N) is 2. The van der Waals surface area contributed by atoms with Crippen molar-refractivity contribution in [2.24, 2.45) is 5.41 Å². The molecule has 0 atom stereocenters. The molecule has 1 N–H and O–H groups in total. The number of hydrogen-bond donors (Lipinski definition) is 1. The average Bonchev–Trinajstić information content (AvgIpc) is 2.87. The largest absolute Gasteiger partial charge is 0.323 e. The number of halogens is 1. The van der Waals surface area contributed by atoms with Gasteiger partial charge in [0.15, 0.2) is 0 Å². The van der Waals surface area contributed by atoms with E-state index in [-0.39, 0.29) is 5.91 Å². The molecule has 2 amide bonds. The van der Waals surface area contributed by atoms with Gasteiger partial charge in [-0.05, 0) is 38.5 Å². The highest BCUT2D eigenvalue weighted by Gasteiger charge is 2.28. The van der Waals surface area contributed by atoms with Crippen molar-refractivity contribution in [2.45, 2.75) is 26.7 Å². The quantitative estimate of drug-likeness (QED) is 0.933. The van der Waals surface area contributed by atoms with E-state index in [0.717, 1.165) is 6.42 Å². The summed E-state index contributed by atoms with van der Waals surface area (Å²) >= 11 is 6.08. The monoisotopic (exact) mass is 305 g/mol. The van der Waals surface area contributed by atoms with Gasteiger partial charge < -0.3 is 10.2 Å². The Hall–Kier alpha value is -2.06. The van der Waals surface area contributed by atoms with Crippen LogP contribution in [-0.4, -0.2) is 18.4 Å². The van der Waals surface area contributed by atoms with Crippen molar-refractivity contribution in [1.29, 1.82) is 5.26 Å². The topological polar surface area (TPSA) is 73.2 Å². The fourth-order valence-electron chi connectivity index (χ4n) is 2.03. The van der Waals surface area contributed by atoms with Gasteiger partial charge in [0.2, 0.25) is 11.8 Å². The zero-order valence-electron chi connectivity index (χ0n) is 11.9. The molecule has 2 rings (SSSR count). The Kier molecular flexibility index (Phi) is 4.19. The van der Waals surface area contributed by atoms with Crippen LogP contribution in [0.5, 0.6) is 0 Å². The van der Waals surface area contributed by atoms with Crippen molar-refractivity contribution in [2.75, 3.05) is 16.8 Å². The number of nitrogens with one attached hydrogen (secondary N) is 1. The van der Waals surface area contributed by atoms with E-state index in [4.69, 9.17) is 16.9 Å². The number of benzene rings is 1. The predicted octanol–water partition coefficient (Wildman–Crippen LogP) is 2.96. The lowest BCUT2D eigenvalue weighted by atomic mass is 9.94. The van der Waals surface area contributed by atoms with Crippen LogP contribution in [0.2, 0.25) is 5.02 Å². The third kappa shape index (κ3) is 3.17. The first-order valence-corrected chi connectivity index (χ1v) is 7.05. The van der Waals surface area contributed by atoms with Crippen LogP contribution >= 0.6 is 11.6 Å². The Morgan fingerprint density at radius 3 is 2.76 bits per heavy atom. The maximum Gasteiger partial charge on any atom is 0.244 e. The highest BCUT2D eigenvalue weighted by molar-refractivity contribution is 6.34. The van der Waals surface area contributed by atoms with Crippen LogP contribution in [0.25, 0.3) is 0 Å². The maximum absolute atomic E-state index is 12.0. The molecule has 0 spiro atoms. The van der Waals surface area contributed by atoms with E-state index >= 15 is 0 Å². The summed E-state index contributed by atoms with van der Waals surface area (Å²) in [6.45, 7) is 3.73. The third-order valence-corrected chi connectivity index (χ3v) is 3.76. The van der Waals surface area contributed by atoms with Gasteiger partial charge in [0, 0.05) is 18.7 Å². The molecule has 0 bridgehead atoms. The van der Waals surface area contributed by atoms with E-state index in [1.54, 1.807) is 23.1 Å². The molecule has 5 nitrogen and oxygen atoms in total. The number of anilines is 2. The number of carbonyl (C=O) groups excluding carboxylic acids is 2. The summed E-state index contributed by atoms with van der Waals surface area (Å²) in [7, 11) is 0. The van der Waals surface area contributed by atoms with Crippen LogP contribution < -0.4 is 10.2 Å². The molecule has 1 fully saturated rings. The molecule has 0 aliphatic carbocycles. The first kappa shape index (κ1) is 15.3. The second-order valence-corrected chi connectivity index (χ2v) is 5.91. The van der Waals surface area contributed by atoms with Crippen molar-refractivity contribution >= 4 is 34.8 Å². The minimum atomic E-state index is -1.15. The molecule has 0 unspecified atom stereocenters. The molecule has 6 heteroatoms. The maximum atomic E-state index is 12.0. The number of carbonyl (C=O) groups is 2. The van der Waals surface area contributed by atoms with Crippen molar-refractivity contribution in [1.82, 2.24) is 0 Å². The zero-order chi connectivity index (χ0) is 15.6. The zero-order valence-corrected chi connectivity index (χ0v) is 12.7. The van der Waals surface area contributed by atoms with Gasteiger partial charge in [-0.25, -0.2) is 0 Å². The van der Waals surface area contributed by atoms with Gasteiger partial charge in [-0.15, -0.1) is 0 Å². The lowest BCUT2D eigenvalue weighted by Gasteiger charge is -2.19. The van der Waals surface area contributed by atoms with Gasteiger partial charge in [-0.1, -0.05) is 11.6 Å². The fourth-order valence-corrected chi connectivity index (χ4v) is 2.19. The molecule has 1 aromatic rings. The van der Waals surface area contributed by atoms with Crippen LogP contribution in [0, 0.1) is 16.7 Å². The first-order valence-electron chi connectivity index (χ1n) is 6.68. The lowest BCUT2D eigenvalue weighted by molar-refractivity contribution is -0.121. The molecule has 0 radical (unpaired) electrons. The Morgan fingerprint density at radius 1 is 1.48 bits per heavy atom. The summed E-state index contributed by atoms with van der Waals surface area (Å²) in [5.74, 6) is -0.372. The van der Waals surface area contributed by atoms with E-state index < -0.39 is 11.3 Å². The molecule has 1 saturated heterocycles. The van der Waals surface area contributed by atoms with E-state index in [2.05, 4.69) is 5.32 Å². The van der Waals surface area contributed by atoms with Crippen LogP contribution in [0.1, 0.15) is 26.7 Å². The Labute approximate surface area is 128 Å². The number of hydrogen-bond acceptors (Lipinski definition) is 3. The van der Waals surface area contributed by atoms with Gasteiger partial charge in [0.1, 0.15) is 5.41 Å². The second-order valence-electron chi connectivity index (χ2n) is 5.50. The van der Waals surface area contributed by atoms with Crippen molar-refractivity contribution in [3.8, 4) is 6.07 Å². The average molecular weight is 306 g/mol. The first-order chi connectivity index (χ1) is 9.85. The van der Waals surface area contributed by atoms with Crippen LogP contribution in [0.3, 0.4) is 0 Å². The van der Waals surface area contributed by atoms with E-state index in [9.17, 15) is 9.59 Å². The molecule has 0 saturated carbocycles. The number of rotatable bonds is 3. The summed E-state index contributed by atoms with van der Waals surface area (Å²) in [6.07, 6.45) is 1.36. The van der Waals surface area contributed by atoms with Crippen molar-refractivity contribution < 1.29 is 9.59 Å². The smallest absolute Gasteiger partial charge is 0.244 e. The van der Waals surface area contributed by atoms with Gasteiger partial charge in [0.25, 0.3) is 0 Å². The molecule has 1 heterocycles. The lowest BCUT2D eigenvalue weighted by Crippen LogP contribution is -2.29. The Balaban J connectivity index is 2.26. The molecule has 110 valence electrons. The van der Waals surface area contributed by atoms with Gasteiger partial charge >= 0.3 is 0 Å². The van der Waals surface area contributed by atoms with E-state index in [0.29, 0.717) is 29.4 Å². The molecule has 1 aromatic carbocycles. The SMILES string of the molecule is CC(C)(C#N)C(=O)Nc1cc(N2CCCC2=O)ccc1Cl. The molecule has 0 aromatic heterocycles. The van der Waals surface area contributed by atoms with Crippen LogP contribution in [-0.2, 0) is 9.59 Å². The molecular formula is C15H16ClN3O2. The van der Waals surface area contributed by atoms with E-state index in [1.807, 2.05) is 6.07 Å². The Bertz CT molecular complexity index is 634. The molecule has 1 aliphatic rings. The van der Waals surface area contributed by atoms with Crippen LogP contribution in [0.4, 0.5) is 11.4 Å². The number of nitriles is 1. The summed E-state index contributed by atoms with van der Waals surface area (Å²) in [6, 6.07) is 6.98. The highest BCUT2D eigenvalue weighted by Crippen LogP contribution is 2.31. The standard InChI is InChI=1S/C15H16ClN3O2/c1-15(2,9-17)14(21)18-12-8-10(5-6-11(12)16)19-7-3-4-13(19)20/h5-6,8H,3-4,7H2,1-2H3,(H,18,21). The Morgan fingerprint density at radius 2 is 2.19 bits per heavy atom. The van der Waals surface area contributed by atoms with Crippen molar-refractivity contribution in [3.63, 3.8) is 0 Å². The fraction of sp³-hybridized carbons (Fsp3) is 0.400. The molecular weight excluding hydrogens is 290 g/mol. The minimum absolute atomic E-state index is 0.0620. The third-order valence-electron chi connectivity index (χ3n) is 3.43. The molecule has 21 heavy (non-hydrogen) atoms. The minimum Gasteiger partial charge on any atom is -0.323 e. The van der Waals surface area contributed by atoms with Crippen LogP contribution in [0.15, 0.2) is 18.2 Å². The highest BCUT2D eigenvalue weighted by atomic mass is 35.5. The van der Waals surface area contributed by atoms with Gasteiger partial charge in [0.05, 0.1) is 16.8 Å². The second kappa shape index (κ2) is 5.74. The summed E-state index contributed by atoms with van der Waals surface area (Å²) in [5, 5.41) is 12.0. The predicted molar refractivity (Wildman–Crippen MR) is 81.1 cm³/mol. The van der Waals surface area contributed by atoms with Gasteiger partial charge in [-0.3, -0.25) is 9.59 Å². The summed E-state index contributed by atoms with van der Waals surface area (Å²) in [5.41, 5.74) is -0.0443. The normalized spacial score (nSPS) is 15.0.